The Morgan fingerprint density at radius 1 is 1.21 bits per heavy atom. The van der Waals surface area contributed by atoms with E-state index < -0.39 is 10.2 Å². The average molecular weight is 502 g/mol. The summed E-state index contributed by atoms with van der Waals surface area (Å²) in [6.07, 6.45) is 10.7. The summed E-state index contributed by atoms with van der Waals surface area (Å²) in [5.41, 5.74) is 2.95. The van der Waals surface area contributed by atoms with E-state index in [1.165, 1.54) is 26.0 Å². The highest BCUT2D eigenvalue weighted by Crippen LogP contribution is 2.32. The normalized spacial score (nSPS) is 18.8. The van der Waals surface area contributed by atoms with E-state index in [9.17, 15) is 12.8 Å². The van der Waals surface area contributed by atoms with Crippen LogP contribution >= 0.6 is 11.3 Å². The predicted octanol–water partition coefficient (Wildman–Crippen LogP) is 3.34. The standard InChI is InChI=1S/C22H24FN7O2S2/c1-2-28-12-13-29(34(28,31)32)11-10-25-21-24-9-8-18(26-21)20-19(27-22-30(20)14-15-33-22)16-4-3-5-17(23)7-6-16/h3-4,6-9,14-15H,2,5,10-13H2,1H3,(H,24,25,26). The van der Waals surface area contributed by atoms with E-state index in [-0.39, 0.29) is 12.2 Å². The Morgan fingerprint density at radius 3 is 2.88 bits per heavy atom. The molecule has 5 rings (SSSR count). The minimum Gasteiger partial charge on any atom is -0.353 e. The summed E-state index contributed by atoms with van der Waals surface area (Å²) in [6, 6.07) is 1.80. The van der Waals surface area contributed by atoms with Gasteiger partial charge in [0.15, 0.2) is 4.96 Å². The molecule has 3 aromatic heterocycles. The fourth-order valence-corrected chi connectivity index (χ4v) is 6.34. The van der Waals surface area contributed by atoms with E-state index >= 15 is 0 Å². The quantitative estimate of drug-likeness (QED) is 0.534. The highest BCUT2D eigenvalue weighted by molar-refractivity contribution is 7.87. The number of halogens is 1. The Bertz CT molecular complexity index is 1410. The number of aromatic nitrogens is 4. The van der Waals surface area contributed by atoms with Crippen LogP contribution in [0.3, 0.4) is 0 Å². The van der Waals surface area contributed by atoms with Gasteiger partial charge in [0.05, 0.1) is 11.4 Å². The molecule has 4 heterocycles. The fourth-order valence-electron chi connectivity index (χ4n) is 4.03. The molecule has 178 valence electrons. The third kappa shape index (κ3) is 4.29. The molecule has 1 saturated heterocycles. The first kappa shape index (κ1) is 22.8. The molecule has 0 radical (unpaired) electrons. The highest BCUT2D eigenvalue weighted by atomic mass is 32.2. The Balaban J connectivity index is 1.40. The van der Waals surface area contributed by atoms with Crippen LogP contribution in [-0.4, -0.2) is 69.1 Å². The van der Waals surface area contributed by atoms with Crippen LogP contribution in [0.4, 0.5) is 10.3 Å². The van der Waals surface area contributed by atoms with Gasteiger partial charge in [0, 0.05) is 62.5 Å². The number of imidazole rings is 1. The molecule has 1 fully saturated rings. The lowest BCUT2D eigenvalue weighted by Gasteiger charge is -2.17. The molecule has 0 bridgehead atoms. The Hall–Kier alpha value is -2.93. The molecule has 0 unspecified atom stereocenters. The first-order chi connectivity index (χ1) is 16.5. The van der Waals surface area contributed by atoms with Crippen molar-refractivity contribution < 1.29 is 12.8 Å². The number of hydrogen-bond donors (Lipinski definition) is 1. The molecule has 0 saturated carbocycles. The third-order valence-electron chi connectivity index (χ3n) is 5.74. The van der Waals surface area contributed by atoms with E-state index in [1.807, 2.05) is 29.0 Å². The molecule has 0 aromatic carbocycles. The topological polar surface area (TPSA) is 95.7 Å². The number of likely N-dealkylation sites (N-methyl/N-ethyl adjacent to an activating group) is 1. The second-order valence-corrected chi connectivity index (χ2v) is 10.6. The molecule has 3 aromatic rings. The largest absolute Gasteiger partial charge is 0.353 e. The summed E-state index contributed by atoms with van der Waals surface area (Å²) in [4.78, 5) is 14.5. The van der Waals surface area contributed by atoms with Crippen LogP contribution in [0, 0.1) is 0 Å². The SMILES string of the molecule is CCN1CCN(CCNc2nccc(-c3c(C4=CC=C(F)CC=C4)nc4sccn34)n2)S1(=O)=O. The molecule has 1 N–H and O–H groups in total. The molecule has 1 aliphatic heterocycles. The number of hydrogen-bond acceptors (Lipinski definition) is 7. The van der Waals surface area contributed by atoms with Crippen molar-refractivity contribution in [3.63, 3.8) is 0 Å². The van der Waals surface area contributed by atoms with Gasteiger partial charge in [-0.25, -0.2) is 19.3 Å². The smallest absolute Gasteiger partial charge is 0.282 e. The number of thiazole rings is 1. The van der Waals surface area contributed by atoms with E-state index in [0.29, 0.717) is 50.1 Å². The zero-order chi connectivity index (χ0) is 23.7. The molecular weight excluding hydrogens is 477 g/mol. The molecular formula is C22H24FN7O2S2. The van der Waals surface area contributed by atoms with E-state index in [1.54, 1.807) is 24.4 Å². The number of allylic oxidation sites excluding steroid dienone is 6. The average Bonchev–Trinajstić information content (AvgIpc) is 3.44. The lowest BCUT2D eigenvalue weighted by molar-refractivity contribution is 0.454. The maximum Gasteiger partial charge on any atom is 0.282 e. The monoisotopic (exact) mass is 501 g/mol. The summed E-state index contributed by atoms with van der Waals surface area (Å²) in [7, 11) is -3.39. The van der Waals surface area contributed by atoms with Gasteiger partial charge in [-0.15, -0.1) is 11.3 Å². The maximum absolute atomic E-state index is 13.7. The van der Waals surface area contributed by atoms with E-state index in [2.05, 4.69) is 15.3 Å². The van der Waals surface area contributed by atoms with Crippen molar-refractivity contribution in [2.45, 2.75) is 13.3 Å². The third-order valence-corrected chi connectivity index (χ3v) is 8.60. The zero-order valence-corrected chi connectivity index (χ0v) is 20.2. The highest BCUT2D eigenvalue weighted by Gasteiger charge is 2.34. The molecule has 12 heteroatoms. The number of nitrogens with one attached hydrogen (secondary N) is 1. The van der Waals surface area contributed by atoms with Crippen molar-refractivity contribution in [1.29, 1.82) is 0 Å². The molecule has 34 heavy (non-hydrogen) atoms. The minimum atomic E-state index is -3.39. The van der Waals surface area contributed by atoms with Gasteiger partial charge in [0.2, 0.25) is 5.95 Å². The van der Waals surface area contributed by atoms with Crippen molar-refractivity contribution in [2.75, 3.05) is 38.0 Å². The lowest BCUT2D eigenvalue weighted by atomic mass is 10.1. The van der Waals surface area contributed by atoms with Crippen LogP contribution in [0.2, 0.25) is 0 Å². The lowest BCUT2D eigenvalue weighted by Crippen LogP contribution is -2.35. The fraction of sp³-hybridized carbons (Fsp3) is 0.318. The van der Waals surface area contributed by atoms with E-state index in [0.717, 1.165) is 16.2 Å². The van der Waals surface area contributed by atoms with Crippen molar-refractivity contribution in [1.82, 2.24) is 28.0 Å². The van der Waals surface area contributed by atoms with Gasteiger partial charge in [0.25, 0.3) is 10.2 Å². The van der Waals surface area contributed by atoms with Crippen LogP contribution in [0.15, 0.2) is 54.0 Å². The summed E-state index contributed by atoms with van der Waals surface area (Å²) < 4.78 is 43.5. The molecule has 1 aliphatic carbocycles. The molecule has 0 amide bonds. The maximum atomic E-state index is 13.7. The molecule has 9 nitrogen and oxygen atoms in total. The minimum absolute atomic E-state index is 0.204. The van der Waals surface area contributed by atoms with Gasteiger partial charge in [-0.2, -0.15) is 17.0 Å². The first-order valence-electron chi connectivity index (χ1n) is 11.0. The van der Waals surface area contributed by atoms with Crippen LogP contribution in [0.5, 0.6) is 0 Å². The van der Waals surface area contributed by atoms with E-state index in [4.69, 9.17) is 4.98 Å². The summed E-state index contributed by atoms with van der Waals surface area (Å²) in [5.74, 6) is 0.193. The molecule has 2 aliphatic rings. The zero-order valence-electron chi connectivity index (χ0n) is 18.6. The number of rotatable bonds is 7. The van der Waals surface area contributed by atoms with Crippen molar-refractivity contribution in [3.8, 4) is 11.4 Å². The van der Waals surface area contributed by atoms with Crippen LogP contribution in [0.25, 0.3) is 21.9 Å². The van der Waals surface area contributed by atoms with Gasteiger partial charge in [-0.3, -0.25) is 4.40 Å². The van der Waals surface area contributed by atoms with Crippen LogP contribution in [0.1, 0.15) is 19.0 Å². The van der Waals surface area contributed by atoms with Crippen LogP contribution in [-0.2, 0) is 10.2 Å². The summed E-state index contributed by atoms with van der Waals surface area (Å²) in [6.45, 7) is 4.00. The second-order valence-electron chi connectivity index (χ2n) is 7.80. The Labute approximate surface area is 201 Å². The van der Waals surface area contributed by atoms with Gasteiger partial charge < -0.3 is 5.32 Å². The Morgan fingerprint density at radius 2 is 2.06 bits per heavy atom. The number of fused-ring (bicyclic) bond motifs is 1. The van der Waals surface area contributed by atoms with Gasteiger partial charge in [-0.1, -0.05) is 25.2 Å². The van der Waals surface area contributed by atoms with Crippen molar-refractivity contribution in [3.05, 3.63) is 59.7 Å². The summed E-state index contributed by atoms with van der Waals surface area (Å²) >= 11 is 1.51. The predicted molar refractivity (Wildman–Crippen MR) is 131 cm³/mol. The van der Waals surface area contributed by atoms with Crippen molar-refractivity contribution in [2.24, 2.45) is 0 Å². The number of anilines is 1. The van der Waals surface area contributed by atoms with Crippen molar-refractivity contribution >= 4 is 38.0 Å². The Kier molecular flexibility index (Phi) is 6.30. The molecule has 0 atom stereocenters. The molecule has 0 spiro atoms. The number of nitrogens with zero attached hydrogens (tertiary/aromatic N) is 6. The second kappa shape index (κ2) is 9.37. The summed E-state index contributed by atoms with van der Waals surface area (Å²) in [5, 5.41) is 5.09. The van der Waals surface area contributed by atoms with Gasteiger partial charge in [0.1, 0.15) is 11.5 Å². The van der Waals surface area contributed by atoms with Gasteiger partial charge >= 0.3 is 0 Å². The van der Waals surface area contributed by atoms with Gasteiger partial charge in [-0.05, 0) is 12.1 Å². The van der Waals surface area contributed by atoms with Crippen LogP contribution < -0.4 is 5.32 Å². The first-order valence-corrected chi connectivity index (χ1v) is 13.3.